The third kappa shape index (κ3) is 2.71. The quantitative estimate of drug-likeness (QED) is 0.782. The number of anilines is 2. The van der Waals surface area contributed by atoms with E-state index in [0.717, 1.165) is 5.56 Å². The van der Waals surface area contributed by atoms with E-state index >= 15 is 0 Å². The van der Waals surface area contributed by atoms with Gasteiger partial charge in [-0.25, -0.2) is 4.79 Å². The second kappa shape index (κ2) is 4.95. The Morgan fingerprint density at radius 3 is 2.94 bits per heavy atom. The largest absolute Gasteiger partial charge is 0.448 e. The Kier molecular flexibility index (Phi) is 3.36. The second-order valence-corrected chi connectivity index (χ2v) is 4.16. The molecule has 0 aromatic heterocycles. The van der Waals surface area contributed by atoms with Gasteiger partial charge < -0.3 is 15.8 Å². The Labute approximate surface area is 105 Å². The highest BCUT2D eigenvalue weighted by Crippen LogP contribution is 2.17. The van der Waals surface area contributed by atoms with Crippen molar-refractivity contribution < 1.29 is 14.3 Å². The number of nitrogens with zero attached hydrogens (tertiary/aromatic N) is 1. The molecule has 1 aliphatic heterocycles. The maximum Gasteiger partial charge on any atom is 0.410 e. The fraction of sp³-hybridized carbons (Fsp3) is 0.333. The van der Waals surface area contributed by atoms with E-state index in [1.807, 2.05) is 6.92 Å². The van der Waals surface area contributed by atoms with Gasteiger partial charge in [-0.15, -0.1) is 0 Å². The Morgan fingerprint density at radius 2 is 2.33 bits per heavy atom. The lowest BCUT2D eigenvalue weighted by Crippen LogP contribution is -2.33. The first kappa shape index (κ1) is 12.2. The number of nitrogens with two attached hydrogens (primary N) is 1. The van der Waals surface area contributed by atoms with Crippen LogP contribution in [-0.2, 0) is 9.53 Å². The van der Waals surface area contributed by atoms with E-state index in [9.17, 15) is 9.59 Å². The summed E-state index contributed by atoms with van der Waals surface area (Å²) in [7, 11) is 0. The van der Waals surface area contributed by atoms with Crippen LogP contribution in [0.5, 0.6) is 0 Å². The van der Waals surface area contributed by atoms with Gasteiger partial charge in [-0.3, -0.25) is 9.69 Å². The van der Waals surface area contributed by atoms with E-state index in [4.69, 9.17) is 10.5 Å². The number of hydrogen-bond acceptors (Lipinski definition) is 4. The zero-order chi connectivity index (χ0) is 13.1. The van der Waals surface area contributed by atoms with Crippen LogP contribution in [-0.4, -0.2) is 36.6 Å². The highest BCUT2D eigenvalue weighted by molar-refractivity contribution is 5.94. The molecule has 2 rings (SSSR count). The molecule has 0 saturated carbocycles. The first-order valence-corrected chi connectivity index (χ1v) is 5.64. The molecule has 1 aromatic carbocycles. The molecule has 0 unspecified atom stereocenters. The molecule has 2 amide bonds. The molecular formula is C12H15N3O3. The molecule has 18 heavy (non-hydrogen) atoms. The molecule has 1 aliphatic rings. The van der Waals surface area contributed by atoms with E-state index < -0.39 is 6.09 Å². The zero-order valence-corrected chi connectivity index (χ0v) is 10.1. The van der Waals surface area contributed by atoms with Gasteiger partial charge in [0, 0.05) is 11.4 Å². The molecule has 0 atom stereocenters. The lowest BCUT2D eigenvalue weighted by atomic mass is 10.2. The minimum Gasteiger partial charge on any atom is -0.448 e. The average molecular weight is 249 g/mol. The summed E-state index contributed by atoms with van der Waals surface area (Å²) in [6, 6.07) is 5.23. The monoisotopic (exact) mass is 249 g/mol. The number of amides is 2. The van der Waals surface area contributed by atoms with Crippen LogP contribution in [0.25, 0.3) is 0 Å². The number of carbonyl (C=O) groups excluding carboxylic acids is 2. The lowest BCUT2D eigenvalue weighted by Gasteiger charge is -2.13. The molecule has 0 radical (unpaired) electrons. The van der Waals surface area contributed by atoms with Gasteiger partial charge in [0.2, 0.25) is 5.91 Å². The van der Waals surface area contributed by atoms with Crippen LogP contribution in [0, 0.1) is 6.92 Å². The molecule has 1 heterocycles. The molecule has 6 nitrogen and oxygen atoms in total. The summed E-state index contributed by atoms with van der Waals surface area (Å²) in [5, 5.41) is 2.74. The number of rotatable bonds is 3. The minimum absolute atomic E-state index is 0.00263. The molecule has 96 valence electrons. The predicted molar refractivity (Wildman–Crippen MR) is 67.1 cm³/mol. The first-order chi connectivity index (χ1) is 8.56. The molecular weight excluding hydrogens is 234 g/mol. The standard InChI is InChI=1S/C12H15N3O3/c1-8-6-9(13)2-3-10(8)14-11(16)7-15-4-5-18-12(15)17/h2-3,6H,4-5,7,13H2,1H3,(H,14,16). The number of carbonyl (C=O) groups is 2. The summed E-state index contributed by atoms with van der Waals surface area (Å²) in [6.45, 7) is 2.65. The molecule has 0 aliphatic carbocycles. The van der Waals surface area contributed by atoms with Crippen molar-refractivity contribution in [3.63, 3.8) is 0 Å². The van der Waals surface area contributed by atoms with Crippen LogP contribution in [0.3, 0.4) is 0 Å². The maximum atomic E-state index is 11.8. The summed E-state index contributed by atoms with van der Waals surface area (Å²) >= 11 is 0. The van der Waals surface area contributed by atoms with E-state index in [0.29, 0.717) is 24.5 Å². The number of benzene rings is 1. The second-order valence-electron chi connectivity index (χ2n) is 4.16. The topological polar surface area (TPSA) is 84.7 Å². The van der Waals surface area contributed by atoms with Crippen molar-refractivity contribution in [3.05, 3.63) is 23.8 Å². The van der Waals surface area contributed by atoms with Crippen molar-refractivity contribution in [2.24, 2.45) is 0 Å². The lowest BCUT2D eigenvalue weighted by molar-refractivity contribution is -0.116. The molecule has 6 heteroatoms. The Bertz CT molecular complexity index is 487. The van der Waals surface area contributed by atoms with Crippen LogP contribution >= 0.6 is 0 Å². The van der Waals surface area contributed by atoms with Crippen molar-refractivity contribution in [1.82, 2.24) is 4.90 Å². The Hall–Kier alpha value is -2.24. The van der Waals surface area contributed by atoms with E-state index in [2.05, 4.69) is 5.32 Å². The SMILES string of the molecule is Cc1cc(N)ccc1NC(=O)CN1CCOC1=O. The van der Waals surface area contributed by atoms with Crippen LogP contribution < -0.4 is 11.1 Å². The number of hydrogen-bond donors (Lipinski definition) is 2. The third-order valence-corrected chi connectivity index (χ3v) is 2.70. The highest BCUT2D eigenvalue weighted by atomic mass is 16.6. The molecule has 1 aromatic rings. The van der Waals surface area contributed by atoms with Gasteiger partial charge in [-0.1, -0.05) is 0 Å². The van der Waals surface area contributed by atoms with Gasteiger partial charge in [0.05, 0.1) is 6.54 Å². The van der Waals surface area contributed by atoms with Gasteiger partial charge >= 0.3 is 6.09 Å². The van der Waals surface area contributed by atoms with E-state index in [-0.39, 0.29) is 12.5 Å². The fourth-order valence-corrected chi connectivity index (χ4v) is 1.76. The van der Waals surface area contributed by atoms with E-state index in [1.165, 1.54) is 4.90 Å². The summed E-state index contributed by atoms with van der Waals surface area (Å²) in [5.41, 5.74) is 7.85. The number of aryl methyl sites for hydroxylation is 1. The fourth-order valence-electron chi connectivity index (χ4n) is 1.76. The van der Waals surface area contributed by atoms with Crippen molar-refractivity contribution in [1.29, 1.82) is 0 Å². The number of nitrogens with one attached hydrogen (secondary N) is 1. The van der Waals surface area contributed by atoms with Crippen LogP contribution in [0.1, 0.15) is 5.56 Å². The van der Waals surface area contributed by atoms with Crippen LogP contribution in [0.15, 0.2) is 18.2 Å². The maximum absolute atomic E-state index is 11.8. The summed E-state index contributed by atoms with van der Waals surface area (Å²) in [6.07, 6.45) is -0.445. The molecule has 0 spiro atoms. The van der Waals surface area contributed by atoms with Gasteiger partial charge in [0.15, 0.2) is 0 Å². The van der Waals surface area contributed by atoms with Gasteiger partial charge in [-0.2, -0.15) is 0 Å². The number of nitrogen functional groups attached to an aromatic ring is 1. The highest BCUT2D eigenvalue weighted by Gasteiger charge is 2.24. The third-order valence-electron chi connectivity index (χ3n) is 2.70. The predicted octanol–water partition coefficient (Wildman–Crippen LogP) is 0.968. The molecule has 1 saturated heterocycles. The Morgan fingerprint density at radius 1 is 1.56 bits per heavy atom. The molecule has 0 bridgehead atoms. The minimum atomic E-state index is -0.445. The first-order valence-electron chi connectivity index (χ1n) is 5.64. The van der Waals surface area contributed by atoms with Crippen LogP contribution in [0.2, 0.25) is 0 Å². The van der Waals surface area contributed by atoms with Gasteiger partial charge in [0.25, 0.3) is 0 Å². The van der Waals surface area contributed by atoms with Crippen molar-refractivity contribution in [2.45, 2.75) is 6.92 Å². The van der Waals surface area contributed by atoms with Gasteiger partial charge in [0.1, 0.15) is 13.2 Å². The molecule has 1 fully saturated rings. The smallest absolute Gasteiger partial charge is 0.410 e. The van der Waals surface area contributed by atoms with Gasteiger partial charge in [-0.05, 0) is 30.7 Å². The summed E-state index contributed by atoms with van der Waals surface area (Å²) in [5.74, 6) is -0.248. The van der Waals surface area contributed by atoms with Crippen molar-refractivity contribution in [3.8, 4) is 0 Å². The number of cyclic esters (lactones) is 1. The normalized spacial score (nSPS) is 14.5. The van der Waals surface area contributed by atoms with E-state index in [1.54, 1.807) is 18.2 Å². The Balaban J connectivity index is 1.96. The van der Waals surface area contributed by atoms with Crippen molar-refractivity contribution >= 4 is 23.4 Å². The summed E-state index contributed by atoms with van der Waals surface area (Å²) in [4.78, 5) is 24.3. The number of ether oxygens (including phenoxy) is 1. The van der Waals surface area contributed by atoms with Crippen LogP contribution in [0.4, 0.5) is 16.2 Å². The summed E-state index contributed by atoms with van der Waals surface area (Å²) < 4.78 is 4.75. The average Bonchev–Trinajstić information content (AvgIpc) is 2.69. The molecule has 3 N–H and O–H groups in total. The zero-order valence-electron chi connectivity index (χ0n) is 10.1. The van der Waals surface area contributed by atoms with Crippen molar-refractivity contribution in [2.75, 3.05) is 30.7 Å².